The molecule has 1 aromatic heterocycles. The molecule has 1 N–H and O–H groups in total. The molecule has 0 spiro atoms. The van der Waals surface area contributed by atoms with Crippen LogP contribution in [0.4, 0.5) is 0 Å². The predicted molar refractivity (Wildman–Crippen MR) is 120 cm³/mol. The minimum absolute atomic E-state index is 0.0714. The Morgan fingerprint density at radius 2 is 2.03 bits per heavy atom. The summed E-state index contributed by atoms with van der Waals surface area (Å²) in [7, 11) is 3.61. The fourth-order valence-corrected chi connectivity index (χ4v) is 3.41. The first kappa shape index (κ1) is 23.0. The highest BCUT2D eigenvalue weighted by Crippen LogP contribution is 2.14. The Bertz CT molecular complexity index is 898. The highest BCUT2D eigenvalue weighted by atomic mass is 35.5. The Kier molecular flexibility index (Phi) is 8.25. The summed E-state index contributed by atoms with van der Waals surface area (Å²) in [4.78, 5) is 21.4. The van der Waals surface area contributed by atoms with Gasteiger partial charge in [-0.15, -0.1) is 10.2 Å². The summed E-state index contributed by atoms with van der Waals surface area (Å²) < 4.78 is 7.05. The molecule has 1 amide bonds. The summed E-state index contributed by atoms with van der Waals surface area (Å²) in [6.45, 7) is 5.86. The molecule has 9 nitrogen and oxygen atoms in total. The zero-order chi connectivity index (χ0) is 22.2. The Morgan fingerprint density at radius 1 is 1.26 bits per heavy atom. The van der Waals surface area contributed by atoms with Crippen LogP contribution in [-0.4, -0.2) is 76.3 Å². The first-order chi connectivity index (χ1) is 15.0. The summed E-state index contributed by atoms with van der Waals surface area (Å²) in [5.74, 6) is 2.39. The molecule has 0 bridgehead atoms. The van der Waals surface area contributed by atoms with Crippen molar-refractivity contribution in [1.29, 1.82) is 0 Å². The maximum absolute atomic E-state index is 12.8. The third-order valence-electron chi connectivity index (χ3n) is 5.27. The van der Waals surface area contributed by atoms with Crippen molar-refractivity contribution in [3.63, 3.8) is 0 Å². The fourth-order valence-electron chi connectivity index (χ4n) is 3.29. The maximum atomic E-state index is 12.8. The van der Waals surface area contributed by atoms with Crippen molar-refractivity contribution < 1.29 is 9.53 Å². The number of aliphatic imine (C=N–C) groups is 1. The lowest BCUT2D eigenvalue weighted by molar-refractivity contribution is -0.135. The second kappa shape index (κ2) is 11.1. The van der Waals surface area contributed by atoms with E-state index in [4.69, 9.17) is 21.3 Å². The molecule has 1 saturated heterocycles. The summed E-state index contributed by atoms with van der Waals surface area (Å²) in [6.07, 6.45) is 0.850. The fraction of sp³-hybridized carbons (Fsp3) is 0.524. The van der Waals surface area contributed by atoms with Gasteiger partial charge in [-0.25, -0.2) is 4.99 Å². The summed E-state index contributed by atoms with van der Waals surface area (Å²) >= 11 is 5.96. The van der Waals surface area contributed by atoms with E-state index >= 15 is 0 Å². The SMILES string of the molecule is COCCCNC(=NCc1nnc(C)n1C)N1CCN(Cc2ccc(Cl)cc2)C(=O)C1. The third kappa shape index (κ3) is 6.41. The molecular weight excluding hydrogens is 418 g/mol. The molecule has 31 heavy (non-hydrogen) atoms. The number of nitrogens with one attached hydrogen (secondary N) is 1. The van der Waals surface area contributed by atoms with Crippen LogP contribution >= 0.6 is 11.6 Å². The smallest absolute Gasteiger partial charge is 0.242 e. The number of methoxy groups -OCH3 is 1. The number of rotatable bonds is 8. The van der Waals surface area contributed by atoms with Crippen molar-refractivity contribution >= 4 is 23.5 Å². The van der Waals surface area contributed by atoms with E-state index in [2.05, 4.69) is 15.5 Å². The van der Waals surface area contributed by atoms with Crippen molar-refractivity contribution in [2.24, 2.45) is 12.0 Å². The average molecular weight is 448 g/mol. The molecule has 1 aliphatic rings. The summed E-state index contributed by atoms with van der Waals surface area (Å²) in [5, 5.41) is 12.3. The zero-order valence-electron chi connectivity index (χ0n) is 18.3. The van der Waals surface area contributed by atoms with Crippen molar-refractivity contribution in [2.45, 2.75) is 26.4 Å². The Balaban J connectivity index is 1.64. The Morgan fingerprint density at radius 3 is 2.68 bits per heavy atom. The summed E-state index contributed by atoms with van der Waals surface area (Å²) in [5.41, 5.74) is 1.07. The molecule has 168 valence electrons. The van der Waals surface area contributed by atoms with Crippen LogP contribution in [0, 0.1) is 6.92 Å². The van der Waals surface area contributed by atoms with Gasteiger partial charge in [-0.1, -0.05) is 23.7 Å². The van der Waals surface area contributed by atoms with Crippen LogP contribution in [-0.2, 0) is 29.7 Å². The van der Waals surface area contributed by atoms with Gasteiger partial charge in [0.15, 0.2) is 11.8 Å². The van der Waals surface area contributed by atoms with Gasteiger partial charge in [0.2, 0.25) is 5.91 Å². The third-order valence-corrected chi connectivity index (χ3v) is 5.52. The number of hydrogen-bond acceptors (Lipinski definition) is 5. The second-order valence-electron chi connectivity index (χ2n) is 7.50. The van der Waals surface area contributed by atoms with Crippen LogP contribution in [0.1, 0.15) is 23.6 Å². The highest BCUT2D eigenvalue weighted by Gasteiger charge is 2.26. The van der Waals surface area contributed by atoms with Crippen LogP contribution < -0.4 is 5.32 Å². The van der Waals surface area contributed by atoms with Gasteiger partial charge in [-0.3, -0.25) is 4.79 Å². The maximum Gasteiger partial charge on any atom is 0.242 e. The molecule has 0 radical (unpaired) electrons. The molecule has 10 heteroatoms. The zero-order valence-corrected chi connectivity index (χ0v) is 19.1. The number of aryl methyl sites for hydroxylation is 1. The monoisotopic (exact) mass is 447 g/mol. The van der Waals surface area contributed by atoms with Crippen molar-refractivity contribution in [3.05, 3.63) is 46.5 Å². The number of benzene rings is 1. The molecular formula is C21H30ClN7O2. The number of hydrogen-bond donors (Lipinski definition) is 1. The molecule has 0 saturated carbocycles. The quantitative estimate of drug-likeness (QED) is 0.375. The van der Waals surface area contributed by atoms with E-state index in [-0.39, 0.29) is 12.5 Å². The van der Waals surface area contributed by atoms with Crippen LogP contribution in [0.25, 0.3) is 0 Å². The average Bonchev–Trinajstić information content (AvgIpc) is 3.08. The first-order valence-corrected chi connectivity index (χ1v) is 10.7. The molecule has 2 heterocycles. The molecule has 1 aliphatic heterocycles. The minimum atomic E-state index is 0.0714. The molecule has 0 atom stereocenters. The molecule has 3 rings (SSSR count). The number of nitrogens with zero attached hydrogens (tertiary/aromatic N) is 6. The lowest BCUT2D eigenvalue weighted by Gasteiger charge is -2.36. The van der Waals surface area contributed by atoms with Gasteiger partial charge in [-0.05, 0) is 31.0 Å². The van der Waals surface area contributed by atoms with Crippen LogP contribution in [0.3, 0.4) is 0 Å². The van der Waals surface area contributed by atoms with Gasteiger partial charge in [0.05, 0.1) is 6.54 Å². The normalized spacial score (nSPS) is 15.0. The first-order valence-electron chi connectivity index (χ1n) is 10.4. The van der Waals surface area contributed by atoms with Gasteiger partial charge in [0.25, 0.3) is 0 Å². The number of carbonyl (C=O) groups excluding carboxylic acids is 1. The molecule has 1 fully saturated rings. The van der Waals surface area contributed by atoms with Crippen LogP contribution in [0.2, 0.25) is 5.02 Å². The van der Waals surface area contributed by atoms with Crippen molar-refractivity contribution in [2.75, 3.05) is 39.9 Å². The highest BCUT2D eigenvalue weighted by molar-refractivity contribution is 6.30. The largest absolute Gasteiger partial charge is 0.385 e. The Hall–Kier alpha value is -2.65. The minimum Gasteiger partial charge on any atom is -0.385 e. The van der Waals surface area contributed by atoms with E-state index in [0.29, 0.717) is 50.3 Å². The standard InChI is InChI=1S/C21H30ClN7O2/c1-16-25-26-19(27(16)2)13-24-21(23-9-4-12-31-3)29-11-10-28(20(30)15-29)14-17-5-7-18(22)8-6-17/h5-8H,4,9-15H2,1-3H3,(H,23,24). The second-order valence-corrected chi connectivity index (χ2v) is 7.94. The molecule has 1 aromatic carbocycles. The van der Waals surface area contributed by atoms with Gasteiger partial charge in [0, 0.05) is 52.0 Å². The molecule has 0 unspecified atom stereocenters. The number of guanidine groups is 1. The molecule has 2 aromatic rings. The van der Waals surface area contributed by atoms with E-state index in [1.165, 1.54) is 0 Å². The van der Waals surface area contributed by atoms with E-state index in [1.54, 1.807) is 7.11 Å². The number of carbonyl (C=O) groups is 1. The van der Waals surface area contributed by atoms with Gasteiger partial charge in [0.1, 0.15) is 12.4 Å². The number of amides is 1. The topological polar surface area (TPSA) is 87.9 Å². The number of halogens is 1. The number of ether oxygens (including phenoxy) is 1. The predicted octanol–water partition coefficient (Wildman–Crippen LogP) is 1.60. The van der Waals surface area contributed by atoms with Gasteiger partial charge >= 0.3 is 0 Å². The summed E-state index contributed by atoms with van der Waals surface area (Å²) in [6, 6.07) is 7.60. The number of piperazine rings is 1. The van der Waals surface area contributed by atoms with Crippen molar-refractivity contribution in [3.8, 4) is 0 Å². The van der Waals surface area contributed by atoms with E-state index < -0.39 is 0 Å². The van der Waals surface area contributed by atoms with Crippen LogP contribution in [0.15, 0.2) is 29.3 Å². The van der Waals surface area contributed by atoms with Gasteiger partial charge in [-0.2, -0.15) is 0 Å². The van der Waals surface area contributed by atoms with Crippen LogP contribution in [0.5, 0.6) is 0 Å². The lowest BCUT2D eigenvalue weighted by atomic mass is 10.2. The number of aromatic nitrogens is 3. The molecule has 0 aliphatic carbocycles. The van der Waals surface area contributed by atoms with E-state index in [9.17, 15) is 4.79 Å². The van der Waals surface area contributed by atoms with E-state index in [0.717, 1.165) is 23.6 Å². The van der Waals surface area contributed by atoms with Gasteiger partial charge < -0.3 is 24.4 Å². The Labute approximate surface area is 188 Å². The van der Waals surface area contributed by atoms with E-state index in [1.807, 2.05) is 52.6 Å². The van der Waals surface area contributed by atoms with Crippen molar-refractivity contribution in [1.82, 2.24) is 29.9 Å². The lowest BCUT2D eigenvalue weighted by Crippen LogP contribution is -2.55.